The Labute approximate surface area is 214 Å². The maximum absolute atomic E-state index is 13.9. The maximum Gasteiger partial charge on any atom is 0.510 e. The third kappa shape index (κ3) is 6.89. The van der Waals surface area contributed by atoms with E-state index in [1.807, 2.05) is 0 Å². The Morgan fingerprint density at radius 2 is 2.00 bits per heavy atom. The molecule has 0 bridgehead atoms. The van der Waals surface area contributed by atoms with Crippen LogP contribution in [0.25, 0.3) is 16.2 Å². The molecule has 0 aliphatic rings. The number of carbonyl (C=O) groups is 2. The highest BCUT2D eigenvalue weighted by Gasteiger charge is 2.41. The number of amides is 1. The van der Waals surface area contributed by atoms with Crippen molar-refractivity contribution < 1.29 is 41.8 Å². The maximum atomic E-state index is 13.9. The molecule has 1 amide bonds. The summed E-state index contributed by atoms with van der Waals surface area (Å²) in [7, 11) is -4.84. The smallest absolute Gasteiger partial charge is 0.432 e. The van der Waals surface area contributed by atoms with Gasteiger partial charge in [-0.05, 0) is 60.5 Å². The summed E-state index contributed by atoms with van der Waals surface area (Å²) in [6, 6.07) is 8.33. The van der Waals surface area contributed by atoms with Gasteiger partial charge in [-0.15, -0.1) is 11.3 Å². The van der Waals surface area contributed by atoms with Gasteiger partial charge in [0.2, 0.25) is 12.7 Å². The van der Waals surface area contributed by atoms with Crippen LogP contribution in [0.3, 0.4) is 0 Å². The number of nitrogens with one attached hydrogen (secondary N) is 1. The van der Waals surface area contributed by atoms with Crippen LogP contribution in [0.5, 0.6) is 0 Å². The summed E-state index contributed by atoms with van der Waals surface area (Å²) in [5, 5.41) is 4.56. The predicted molar refractivity (Wildman–Crippen MR) is 132 cm³/mol. The number of benzene rings is 2. The average Bonchev–Trinajstić information content (AvgIpc) is 3.18. The highest BCUT2D eigenvalue weighted by molar-refractivity contribution is 7.54. The monoisotopic (exact) mass is 559 g/mol. The molecule has 0 aliphatic carbocycles. The lowest BCUT2D eigenvalue weighted by Crippen LogP contribution is -2.26. The summed E-state index contributed by atoms with van der Waals surface area (Å²) in [5.41, 5.74) is -1.80. The zero-order valence-corrected chi connectivity index (χ0v) is 21.4. The number of fused-ring (bicyclic) bond motifs is 1. The Balaban J connectivity index is 1.88. The molecule has 1 heterocycles. The minimum atomic E-state index is -4.84. The van der Waals surface area contributed by atoms with E-state index in [-0.39, 0.29) is 11.1 Å². The molecule has 2 N–H and O–H groups in total. The van der Waals surface area contributed by atoms with Crippen LogP contribution < -0.4 is 5.32 Å². The second-order valence-electron chi connectivity index (χ2n) is 7.59. The van der Waals surface area contributed by atoms with Crippen LogP contribution in [0.15, 0.2) is 48.0 Å². The molecule has 0 saturated heterocycles. The standard InChI is InChI=1S/C23H21ClF2NO7PS/c1-13(2)34-23(29)32-12-33-35(30,31)21(17-11-36-19-7-6-15(24)10-16(17)19)22(28)27-9-8-14-4-3-5-18(25)20(14)26/h3-11,13,21H,12H2,1-2H3,(H,27,28)(H,30,31)/b9-8+. The second-order valence-corrected chi connectivity index (χ2v) is 10.8. The Hall–Kier alpha value is -2.82. The first kappa shape index (κ1) is 27.8. The molecule has 3 rings (SSSR count). The minimum Gasteiger partial charge on any atom is -0.432 e. The number of hydrogen-bond donors (Lipinski definition) is 2. The third-order valence-corrected chi connectivity index (χ3v) is 7.51. The van der Waals surface area contributed by atoms with E-state index in [9.17, 15) is 27.8 Å². The van der Waals surface area contributed by atoms with Crippen molar-refractivity contribution in [3.8, 4) is 0 Å². The number of rotatable bonds is 9. The number of ether oxygens (including phenoxy) is 2. The lowest BCUT2D eigenvalue weighted by Gasteiger charge is -2.21. The average molecular weight is 560 g/mol. The molecule has 0 radical (unpaired) electrons. The first-order valence-electron chi connectivity index (χ1n) is 10.4. The third-order valence-electron chi connectivity index (χ3n) is 4.65. The largest absolute Gasteiger partial charge is 0.510 e. The molecule has 192 valence electrons. The van der Waals surface area contributed by atoms with Gasteiger partial charge in [-0.2, -0.15) is 0 Å². The normalized spacial score (nSPS) is 14.1. The molecular formula is C23H21ClF2NO7PS. The molecule has 2 aromatic carbocycles. The first-order valence-corrected chi connectivity index (χ1v) is 13.3. The molecule has 3 aromatic rings. The molecule has 2 atom stereocenters. The van der Waals surface area contributed by atoms with Gasteiger partial charge in [-0.25, -0.2) is 13.6 Å². The van der Waals surface area contributed by atoms with E-state index < -0.39 is 49.8 Å². The van der Waals surface area contributed by atoms with Gasteiger partial charge in [0, 0.05) is 21.5 Å². The molecule has 8 nitrogen and oxygen atoms in total. The fourth-order valence-electron chi connectivity index (χ4n) is 3.09. The van der Waals surface area contributed by atoms with Crippen LogP contribution in [0.2, 0.25) is 5.02 Å². The molecule has 0 spiro atoms. The lowest BCUT2D eigenvalue weighted by molar-refractivity contribution is -0.120. The van der Waals surface area contributed by atoms with Gasteiger partial charge in [-0.1, -0.05) is 23.7 Å². The molecule has 13 heteroatoms. The zero-order chi connectivity index (χ0) is 26.5. The summed E-state index contributed by atoms with van der Waals surface area (Å²) >= 11 is 7.28. The van der Waals surface area contributed by atoms with Gasteiger partial charge >= 0.3 is 13.8 Å². The van der Waals surface area contributed by atoms with Gasteiger partial charge in [0.15, 0.2) is 17.3 Å². The van der Waals surface area contributed by atoms with E-state index in [4.69, 9.17) is 20.9 Å². The summed E-state index contributed by atoms with van der Waals surface area (Å²) < 4.78 is 55.5. The Morgan fingerprint density at radius 1 is 1.25 bits per heavy atom. The highest BCUT2D eigenvalue weighted by atomic mass is 35.5. The molecule has 1 aromatic heterocycles. The van der Waals surface area contributed by atoms with Crippen LogP contribution in [0.4, 0.5) is 13.6 Å². The molecule has 0 saturated carbocycles. The van der Waals surface area contributed by atoms with Crippen LogP contribution in [-0.2, 0) is 23.4 Å². The highest BCUT2D eigenvalue weighted by Crippen LogP contribution is 2.58. The van der Waals surface area contributed by atoms with E-state index in [1.165, 1.54) is 34.9 Å². The van der Waals surface area contributed by atoms with E-state index in [0.717, 1.165) is 18.3 Å². The van der Waals surface area contributed by atoms with Crippen molar-refractivity contribution in [2.24, 2.45) is 0 Å². The van der Waals surface area contributed by atoms with E-state index in [2.05, 4.69) is 10.1 Å². The Kier molecular flexibility index (Phi) is 9.21. The van der Waals surface area contributed by atoms with Gasteiger partial charge in [-0.3, -0.25) is 13.9 Å². The fraction of sp³-hybridized carbons (Fsp3) is 0.217. The van der Waals surface area contributed by atoms with Crippen LogP contribution in [0, 0.1) is 11.6 Å². The Morgan fingerprint density at radius 3 is 2.72 bits per heavy atom. The first-order chi connectivity index (χ1) is 17.0. The van der Waals surface area contributed by atoms with Gasteiger partial charge in [0.05, 0.1) is 6.10 Å². The summed E-state index contributed by atoms with van der Waals surface area (Å²) in [6.45, 7) is 2.20. The number of hydrogen-bond acceptors (Lipinski definition) is 7. The SMILES string of the molecule is CC(C)OC(=O)OCOP(=O)(O)C(C(=O)N/C=C/c1cccc(F)c1F)c1csc2ccc(Cl)cc12. The van der Waals surface area contributed by atoms with Crippen molar-refractivity contribution in [3.63, 3.8) is 0 Å². The van der Waals surface area contributed by atoms with E-state index in [1.54, 1.807) is 26.0 Å². The minimum absolute atomic E-state index is 0.135. The van der Waals surface area contributed by atoms with E-state index in [0.29, 0.717) is 15.1 Å². The van der Waals surface area contributed by atoms with Crippen LogP contribution in [0.1, 0.15) is 30.6 Å². The summed E-state index contributed by atoms with van der Waals surface area (Å²) in [5.74, 6) is -3.19. The molecule has 2 unspecified atom stereocenters. The molecule has 0 fully saturated rings. The van der Waals surface area contributed by atoms with Crippen LogP contribution in [-0.4, -0.2) is 29.9 Å². The van der Waals surface area contributed by atoms with E-state index >= 15 is 0 Å². The Bertz CT molecular complexity index is 1350. The quantitative estimate of drug-likeness (QED) is 0.178. The molecular weight excluding hydrogens is 539 g/mol. The van der Waals surface area contributed by atoms with Crippen molar-refractivity contribution in [2.45, 2.75) is 25.6 Å². The second kappa shape index (κ2) is 11.9. The summed E-state index contributed by atoms with van der Waals surface area (Å²) in [4.78, 5) is 35.4. The van der Waals surface area contributed by atoms with Crippen molar-refractivity contribution in [2.75, 3.05) is 6.79 Å². The van der Waals surface area contributed by atoms with Crippen molar-refractivity contribution in [1.82, 2.24) is 5.32 Å². The van der Waals surface area contributed by atoms with Crippen molar-refractivity contribution in [3.05, 3.63) is 75.8 Å². The van der Waals surface area contributed by atoms with Crippen molar-refractivity contribution in [1.29, 1.82) is 0 Å². The summed E-state index contributed by atoms with van der Waals surface area (Å²) in [6.07, 6.45) is 0.475. The van der Waals surface area contributed by atoms with Gasteiger partial charge < -0.3 is 19.7 Å². The topological polar surface area (TPSA) is 111 Å². The number of thiophene rings is 1. The fourth-order valence-corrected chi connectivity index (χ4v) is 5.62. The molecule has 0 aliphatic heterocycles. The van der Waals surface area contributed by atoms with Crippen molar-refractivity contribution >= 4 is 58.8 Å². The number of halogens is 3. The molecule has 36 heavy (non-hydrogen) atoms. The lowest BCUT2D eigenvalue weighted by atomic mass is 10.1. The predicted octanol–water partition coefficient (Wildman–Crippen LogP) is 6.38. The van der Waals surface area contributed by atoms with Crippen LogP contribution >= 0.6 is 30.5 Å². The number of carbonyl (C=O) groups excluding carboxylic acids is 2. The zero-order valence-electron chi connectivity index (χ0n) is 18.9. The van der Waals surface area contributed by atoms with Gasteiger partial charge in [0.25, 0.3) is 0 Å². The van der Waals surface area contributed by atoms with Gasteiger partial charge in [0.1, 0.15) is 0 Å².